The number of carbonyl (C=O) groups is 1. The molecule has 0 unspecified atom stereocenters. The van der Waals surface area contributed by atoms with Crippen molar-refractivity contribution in [3.63, 3.8) is 0 Å². The maximum absolute atomic E-state index is 11.9. The fourth-order valence-electron chi connectivity index (χ4n) is 2.40. The molecule has 0 bridgehead atoms. The molecule has 1 amide bonds. The molecule has 1 heterocycles. The highest BCUT2D eigenvalue weighted by Crippen LogP contribution is 2.17. The third-order valence-electron chi connectivity index (χ3n) is 3.48. The molecule has 0 saturated carbocycles. The second kappa shape index (κ2) is 5.98. The molecule has 0 spiro atoms. The Labute approximate surface area is 108 Å². The lowest BCUT2D eigenvalue weighted by molar-refractivity contribution is -0.117. The summed E-state index contributed by atoms with van der Waals surface area (Å²) in [6.07, 6.45) is 2.04. The van der Waals surface area contributed by atoms with E-state index in [9.17, 15) is 9.90 Å². The number of amides is 1. The van der Waals surface area contributed by atoms with E-state index in [0.717, 1.165) is 30.6 Å². The number of likely N-dealkylation sites (tertiary alicyclic amines) is 1. The van der Waals surface area contributed by atoms with Gasteiger partial charge in [-0.3, -0.25) is 9.69 Å². The van der Waals surface area contributed by atoms with E-state index in [-0.39, 0.29) is 18.6 Å². The van der Waals surface area contributed by atoms with Crippen LogP contribution in [0.15, 0.2) is 24.3 Å². The Kier molecular flexibility index (Phi) is 4.33. The van der Waals surface area contributed by atoms with Crippen molar-refractivity contribution in [3.05, 3.63) is 29.8 Å². The van der Waals surface area contributed by atoms with Crippen LogP contribution < -0.4 is 5.32 Å². The zero-order valence-corrected chi connectivity index (χ0v) is 10.7. The first kappa shape index (κ1) is 13.1. The Morgan fingerprint density at radius 3 is 3.00 bits per heavy atom. The van der Waals surface area contributed by atoms with E-state index in [1.165, 1.54) is 0 Å². The number of carbonyl (C=O) groups excluding carboxylic acids is 1. The number of para-hydroxylation sites is 1. The fraction of sp³-hybridized carbons (Fsp3) is 0.500. The molecule has 1 aromatic carbocycles. The van der Waals surface area contributed by atoms with Gasteiger partial charge in [0.25, 0.3) is 0 Å². The highest BCUT2D eigenvalue weighted by Gasteiger charge is 2.25. The highest BCUT2D eigenvalue weighted by atomic mass is 16.3. The lowest BCUT2D eigenvalue weighted by atomic mass is 10.2. The third-order valence-corrected chi connectivity index (χ3v) is 3.48. The lowest BCUT2D eigenvalue weighted by Gasteiger charge is -2.22. The predicted molar refractivity (Wildman–Crippen MR) is 71.5 cm³/mol. The number of aliphatic hydroxyl groups excluding tert-OH is 1. The molecule has 18 heavy (non-hydrogen) atoms. The number of hydrogen-bond donors (Lipinski definition) is 2. The SMILES string of the molecule is Cc1ccccc1NC(=O)CN1CCC[C@H]1CO. The van der Waals surface area contributed by atoms with Gasteiger partial charge in [-0.15, -0.1) is 0 Å². The molecule has 1 aliphatic heterocycles. The molecule has 1 aliphatic rings. The Morgan fingerprint density at radius 2 is 2.28 bits per heavy atom. The van der Waals surface area contributed by atoms with E-state index >= 15 is 0 Å². The maximum atomic E-state index is 11.9. The van der Waals surface area contributed by atoms with Crippen molar-refractivity contribution in [2.75, 3.05) is 25.0 Å². The minimum absolute atomic E-state index is 0.00958. The quantitative estimate of drug-likeness (QED) is 0.846. The van der Waals surface area contributed by atoms with E-state index in [2.05, 4.69) is 5.32 Å². The number of nitrogens with one attached hydrogen (secondary N) is 1. The minimum atomic E-state index is -0.00958. The number of benzene rings is 1. The number of aliphatic hydroxyl groups is 1. The van der Waals surface area contributed by atoms with Gasteiger partial charge < -0.3 is 10.4 Å². The van der Waals surface area contributed by atoms with Gasteiger partial charge in [-0.2, -0.15) is 0 Å². The van der Waals surface area contributed by atoms with Crippen LogP contribution in [0.4, 0.5) is 5.69 Å². The van der Waals surface area contributed by atoms with E-state index in [4.69, 9.17) is 0 Å². The molecule has 0 aromatic heterocycles. The molecule has 1 saturated heterocycles. The molecule has 1 fully saturated rings. The summed E-state index contributed by atoms with van der Waals surface area (Å²) in [4.78, 5) is 14.0. The van der Waals surface area contributed by atoms with E-state index in [1.54, 1.807) is 0 Å². The second-order valence-electron chi connectivity index (χ2n) is 4.81. The summed E-state index contributed by atoms with van der Waals surface area (Å²) in [7, 11) is 0. The van der Waals surface area contributed by atoms with Gasteiger partial charge in [-0.25, -0.2) is 0 Å². The van der Waals surface area contributed by atoms with Crippen molar-refractivity contribution in [3.8, 4) is 0 Å². The summed E-state index contributed by atoms with van der Waals surface area (Å²) in [5.41, 5.74) is 1.92. The van der Waals surface area contributed by atoms with Crippen molar-refractivity contribution in [1.29, 1.82) is 0 Å². The lowest BCUT2D eigenvalue weighted by Crippen LogP contribution is -2.38. The normalized spacial score (nSPS) is 20.0. The van der Waals surface area contributed by atoms with Crippen LogP contribution in [0, 0.1) is 6.92 Å². The van der Waals surface area contributed by atoms with Crippen LogP contribution in [0.5, 0.6) is 0 Å². The van der Waals surface area contributed by atoms with Gasteiger partial charge in [0.1, 0.15) is 0 Å². The molecule has 0 aliphatic carbocycles. The van der Waals surface area contributed by atoms with Crippen molar-refractivity contribution < 1.29 is 9.90 Å². The summed E-state index contributed by atoms with van der Waals surface area (Å²) in [5.74, 6) is -0.00958. The van der Waals surface area contributed by atoms with Crippen LogP contribution in [-0.2, 0) is 4.79 Å². The zero-order chi connectivity index (χ0) is 13.0. The first-order valence-corrected chi connectivity index (χ1v) is 6.41. The van der Waals surface area contributed by atoms with E-state index in [0.29, 0.717) is 6.54 Å². The summed E-state index contributed by atoms with van der Waals surface area (Å²) < 4.78 is 0. The standard InChI is InChI=1S/C14H20N2O2/c1-11-5-2-3-7-13(11)15-14(18)9-16-8-4-6-12(16)10-17/h2-3,5,7,12,17H,4,6,8-10H2,1H3,(H,15,18)/t12-/m0/s1. The van der Waals surface area contributed by atoms with Gasteiger partial charge in [0.2, 0.25) is 5.91 Å². The summed E-state index contributed by atoms with van der Waals surface area (Å²) in [6, 6.07) is 7.89. The van der Waals surface area contributed by atoms with Gasteiger partial charge in [0, 0.05) is 11.7 Å². The van der Waals surface area contributed by atoms with Crippen molar-refractivity contribution >= 4 is 11.6 Å². The monoisotopic (exact) mass is 248 g/mol. The van der Waals surface area contributed by atoms with Crippen LogP contribution in [0.2, 0.25) is 0 Å². The van der Waals surface area contributed by atoms with Crippen LogP contribution in [0.25, 0.3) is 0 Å². The molecular weight excluding hydrogens is 228 g/mol. The van der Waals surface area contributed by atoms with E-state index < -0.39 is 0 Å². The number of nitrogens with zero attached hydrogens (tertiary/aromatic N) is 1. The number of hydrogen-bond acceptors (Lipinski definition) is 3. The molecule has 4 heteroatoms. The van der Waals surface area contributed by atoms with Crippen molar-refractivity contribution in [2.45, 2.75) is 25.8 Å². The minimum Gasteiger partial charge on any atom is -0.395 e. The molecule has 98 valence electrons. The highest BCUT2D eigenvalue weighted by molar-refractivity contribution is 5.92. The molecular formula is C14H20N2O2. The van der Waals surface area contributed by atoms with Crippen LogP contribution in [0.3, 0.4) is 0 Å². The Morgan fingerprint density at radius 1 is 1.50 bits per heavy atom. The molecule has 2 rings (SSSR count). The molecule has 1 aromatic rings. The smallest absolute Gasteiger partial charge is 0.238 e. The summed E-state index contributed by atoms with van der Waals surface area (Å²) in [6.45, 7) is 3.37. The summed E-state index contributed by atoms with van der Waals surface area (Å²) >= 11 is 0. The second-order valence-corrected chi connectivity index (χ2v) is 4.81. The molecule has 0 radical (unpaired) electrons. The topological polar surface area (TPSA) is 52.6 Å². The van der Waals surface area contributed by atoms with Gasteiger partial charge >= 0.3 is 0 Å². The van der Waals surface area contributed by atoms with Crippen LogP contribution in [-0.4, -0.2) is 41.7 Å². The average molecular weight is 248 g/mol. The van der Waals surface area contributed by atoms with Crippen LogP contribution >= 0.6 is 0 Å². The fourth-order valence-corrected chi connectivity index (χ4v) is 2.40. The molecule has 4 nitrogen and oxygen atoms in total. The average Bonchev–Trinajstić information content (AvgIpc) is 2.79. The Bertz CT molecular complexity index is 420. The predicted octanol–water partition coefficient (Wildman–Crippen LogP) is 1.39. The van der Waals surface area contributed by atoms with Gasteiger partial charge in [-0.1, -0.05) is 18.2 Å². The summed E-state index contributed by atoms with van der Waals surface area (Å²) in [5, 5.41) is 12.1. The Hall–Kier alpha value is -1.39. The van der Waals surface area contributed by atoms with Crippen molar-refractivity contribution in [1.82, 2.24) is 4.90 Å². The number of anilines is 1. The van der Waals surface area contributed by atoms with Gasteiger partial charge in [0.15, 0.2) is 0 Å². The first-order chi connectivity index (χ1) is 8.70. The van der Waals surface area contributed by atoms with Gasteiger partial charge in [0.05, 0.1) is 13.2 Å². The van der Waals surface area contributed by atoms with E-state index in [1.807, 2.05) is 36.1 Å². The Balaban J connectivity index is 1.91. The number of aryl methyl sites for hydroxylation is 1. The largest absolute Gasteiger partial charge is 0.395 e. The third kappa shape index (κ3) is 3.09. The van der Waals surface area contributed by atoms with Crippen molar-refractivity contribution in [2.24, 2.45) is 0 Å². The molecule has 1 atom stereocenters. The zero-order valence-electron chi connectivity index (χ0n) is 10.7. The first-order valence-electron chi connectivity index (χ1n) is 6.41. The maximum Gasteiger partial charge on any atom is 0.238 e. The molecule has 2 N–H and O–H groups in total. The van der Waals surface area contributed by atoms with Gasteiger partial charge in [-0.05, 0) is 37.9 Å². The van der Waals surface area contributed by atoms with Crippen LogP contribution in [0.1, 0.15) is 18.4 Å². The number of rotatable bonds is 4.